The Morgan fingerprint density at radius 2 is 2.04 bits per heavy atom. The molecule has 136 valence electrons. The third kappa shape index (κ3) is 2.97. The fourth-order valence-electron chi connectivity index (χ4n) is 3.77. The molecule has 0 bridgehead atoms. The van der Waals surface area contributed by atoms with E-state index in [0.29, 0.717) is 29.9 Å². The predicted molar refractivity (Wildman–Crippen MR) is 99.3 cm³/mol. The van der Waals surface area contributed by atoms with E-state index >= 15 is 0 Å². The SMILES string of the molecule is CNc1ncnc2c1cc(C1(OC)CCC(S(C)=O)CC1)c(=O)n2C. The minimum absolute atomic E-state index is 0.105. The van der Waals surface area contributed by atoms with Crippen molar-refractivity contribution in [3.8, 4) is 0 Å². The number of aromatic nitrogens is 3. The summed E-state index contributed by atoms with van der Waals surface area (Å²) in [4.78, 5) is 21.5. The molecule has 1 unspecified atom stereocenters. The lowest BCUT2D eigenvalue weighted by atomic mass is 9.79. The Morgan fingerprint density at radius 1 is 1.36 bits per heavy atom. The highest BCUT2D eigenvalue weighted by molar-refractivity contribution is 7.84. The highest BCUT2D eigenvalue weighted by Gasteiger charge is 2.40. The van der Waals surface area contributed by atoms with Crippen LogP contribution in [-0.4, -0.2) is 44.4 Å². The Bertz CT molecular complexity index is 872. The number of nitrogens with zero attached hydrogens (tertiary/aromatic N) is 3. The number of hydrogen-bond donors (Lipinski definition) is 1. The van der Waals surface area contributed by atoms with Crippen LogP contribution in [0.3, 0.4) is 0 Å². The monoisotopic (exact) mass is 364 g/mol. The molecule has 0 spiro atoms. The van der Waals surface area contributed by atoms with Gasteiger partial charge in [0.1, 0.15) is 17.8 Å². The van der Waals surface area contributed by atoms with E-state index < -0.39 is 16.4 Å². The molecular formula is C17H24N4O3S. The summed E-state index contributed by atoms with van der Waals surface area (Å²) in [5.74, 6) is 0.677. The minimum atomic E-state index is -0.850. The molecule has 1 fully saturated rings. The van der Waals surface area contributed by atoms with Crippen LogP contribution in [0.4, 0.5) is 5.82 Å². The van der Waals surface area contributed by atoms with E-state index in [9.17, 15) is 9.00 Å². The van der Waals surface area contributed by atoms with Crippen LogP contribution in [0.15, 0.2) is 17.2 Å². The van der Waals surface area contributed by atoms with E-state index in [2.05, 4.69) is 15.3 Å². The van der Waals surface area contributed by atoms with Crippen LogP contribution < -0.4 is 10.9 Å². The van der Waals surface area contributed by atoms with Gasteiger partial charge in [0.25, 0.3) is 5.56 Å². The van der Waals surface area contributed by atoms with E-state index in [1.807, 2.05) is 6.07 Å². The van der Waals surface area contributed by atoms with Crippen LogP contribution in [0, 0.1) is 0 Å². The van der Waals surface area contributed by atoms with Crippen LogP contribution in [0.2, 0.25) is 0 Å². The molecule has 7 nitrogen and oxygen atoms in total. The summed E-state index contributed by atoms with van der Waals surface area (Å²) in [6, 6.07) is 1.86. The van der Waals surface area contributed by atoms with Crippen molar-refractivity contribution in [3.05, 3.63) is 28.3 Å². The quantitative estimate of drug-likeness (QED) is 0.885. The number of ether oxygens (including phenoxy) is 1. The van der Waals surface area contributed by atoms with Gasteiger partial charge in [-0.3, -0.25) is 13.6 Å². The maximum Gasteiger partial charge on any atom is 0.258 e. The molecule has 25 heavy (non-hydrogen) atoms. The van der Waals surface area contributed by atoms with Crippen LogP contribution in [0.5, 0.6) is 0 Å². The molecule has 1 atom stereocenters. The van der Waals surface area contributed by atoms with E-state index in [1.54, 1.807) is 32.0 Å². The van der Waals surface area contributed by atoms with Crippen molar-refractivity contribution in [2.75, 3.05) is 25.7 Å². The van der Waals surface area contributed by atoms with Gasteiger partial charge in [-0.1, -0.05) is 0 Å². The standard InChI is InChI=1S/C17H24N4O3S/c1-18-14-12-9-13(16(22)21(2)15(12)20-10-19-14)17(24-3)7-5-11(6-8-17)25(4)23/h9-11H,5-8H2,1-4H3,(H,18,19,20). The first-order valence-corrected chi connectivity index (χ1v) is 9.96. The smallest absolute Gasteiger partial charge is 0.258 e. The number of nitrogens with one attached hydrogen (secondary N) is 1. The van der Waals surface area contributed by atoms with E-state index in [-0.39, 0.29) is 10.8 Å². The lowest BCUT2D eigenvalue weighted by Crippen LogP contribution is -2.41. The molecule has 2 aromatic heterocycles. The molecule has 3 rings (SSSR count). The maximum absolute atomic E-state index is 13.0. The number of aryl methyl sites for hydroxylation is 1. The first kappa shape index (κ1) is 18.0. The third-order valence-electron chi connectivity index (χ3n) is 5.33. The molecule has 1 saturated carbocycles. The van der Waals surface area contributed by atoms with Gasteiger partial charge in [-0.2, -0.15) is 0 Å². The number of anilines is 1. The summed E-state index contributed by atoms with van der Waals surface area (Å²) in [6.07, 6.45) is 6.11. The van der Waals surface area contributed by atoms with Crippen LogP contribution >= 0.6 is 0 Å². The second-order valence-corrected chi connectivity index (χ2v) is 8.19. The Kier molecular flexibility index (Phi) is 4.92. The second-order valence-electron chi connectivity index (χ2n) is 6.53. The molecule has 0 aromatic carbocycles. The lowest BCUT2D eigenvalue weighted by Gasteiger charge is -2.38. The van der Waals surface area contributed by atoms with Gasteiger partial charge in [0.2, 0.25) is 0 Å². The summed E-state index contributed by atoms with van der Waals surface area (Å²) in [6.45, 7) is 0. The van der Waals surface area contributed by atoms with Crippen molar-refractivity contribution >= 4 is 27.7 Å². The first-order chi connectivity index (χ1) is 11.9. The van der Waals surface area contributed by atoms with Gasteiger partial charge < -0.3 is 10.1 Å². The number of rotatable bonds is 4. The number of hydrogen-bond acceptors (Lipinski definition) is 6. The van der Waals surface area contributed by atoms with E-state index in [4.69, 9.17) is 4.74 Å². The van der Waals surface area contributed by atoms with Crippen LogP contribution in [0.25, 0.3) is 11.0 Å². The molecule has 0 radical (unpaired) electrons. The van der Waals surface area contributed by atoms with Crippen molar-refractivity contribution in [1.82, 2.24) is 14.5 Å². The summed E-state index contributed by atoms with van der Waals surface area (Å²) < 4.78 is 19.2. The normalized spacial score (nSPS) is 25.0. The molecule has 1 aliphatic rings. The van der Waals surface area contributed by atoms with Crippen molar-refractivity contribution in [2.24, 2.45) is 7.05 Å². The fourth-order valence-corrected chi connectivity index (χ4v) is 4.67. The Hall–Kier alpha value is -1.80. The van der Waals surface area contributed by atoms with Crippen LogP contribution in [-0.2, 0) is 28.2 Å². The molecule has 0 saturated heterocycles. The molecule has 0 amide bonds. The number of fused-ring (bicyclic) bond motifs is 1. The van der Waals surface area contributed by atoms with Crippen LogP contribution in [0.1, 0.15) is 31.2 Å². The largest absolute Gasteiger partial charge is 0.373 e. The van der Waals surface area contributed by atoms with Gasteiger partial charge in [-0.05, 0) is 31.7 Å². The van der Waals surface area contributed by atoms with E-state index in [0.717, 1.165) is 18.2 Å². The van der Waals surface area contributed by atoms with Crippen molar-refractivity contribution in [2.45, 2.75) is 36.5 Å². The highest BCUT2D eigenvalue weighted by Crippen LogP contribution is 2.40. The Morgan fingerprint density at radius 3 is 2.60 bits per heavy atom. The summed E-state index contributed by atoms with van der Waals surface area (Å²) in [7, 11) is 4.31. The molecule has 0 aliphatic heterocycles. The number of methoxy groups -OCH3 is 1. The second kappa shape index (κ2) is 6.84. The summed E-state index contributed by atoms with van der Waals surface area (Å²) in [5, 5.41) is 4.01. The topological polar surface area (TPSA) is 86.1 Å². The Labute approximate surface area is 149 Å². The Balaban J connectivity index is 2.15. The average Bonchev–Trinajstić information content (AvgIpc) is 2.64. The average molecular weight is 364 g/mol. The molecule has 1 N–H and O–H groups in total. The predicted octanol–water partition coefficient (Wildman–Crippen LogP) is 1.53. The van der Waals surface area contributed by atoms with Gasteiger partial charge in [-0.15, -0.1) is 0 Å². The minimum Gasteiger partial charge on any atom is -0.373 e. The number of pyridine rings is 1. The summed E-state index contributed by atoms with van der Waals surface area (Å²) in [5.41, 5.74) is 0.449. The highest BCUT2D eigenvalue weighted by atomic mass is 32.2. The van der Waals surface area contributed by atoms with Crippen molar-refractivity contribution in [3.63, 3.8) is 0 Å². The molecule has 2 heterocycles. The zero-order chi connectivity index (χ0) is 18.2. The first-order valence-electron chi connectivity index (χ1n) is 8.34. The van der Waals surface area contributed by atoms with E-state index in [1.165, 1.54) is 6.33 Å². The zero-order valence-corrected chi connectivity index (χ0v) is 15.9. The van der Waals surface area contributed by atoms with Gasteiger partial charge in [0.15, 0.2) is 0 Å². The third-order valence-corrected chi connectivity index (χ3v) is 6.74. The maximum atomic E-state index is 13.0. The van der Waals surface area contributed by atoms with Gasteiger partial charge in [-0.25, -0.2) is 9.97 Å². The summed E-state index contributed by atoms with van der Waals surface area (Å²) >= 11 is 0. The van der Waals surface area contributed by atoms with Gasteiger partial charge in [0, 0.05) is 43.5 Å². The lowest BCUT2D eigenvalue weighted by molar-refractivity contribution is -0.0447. The van der Waals surface area contributed by atoms with Crippen molar-refractivity contribution < 1.29 is 8.95 Å². The molecule has 8 heteroatoms. The van der Waals surface area contributed by atoms with Gasteiger partial charge in [0.05, 0.1) is 16.6 Å². The molecule has 1 aliphatic carbocycles. The molecule has 2 aromatic rings. The zero-order valence-electron chi connectivity index (χ0n) is 15.0. The molecular weight excluding hydrogens is 340 g/mol. The fraction of sp³-hybridized carbons (Fsp3) is 0.588. The van der Waals surface area contributed by atoms with Gasteiger partial charge >= 0.3 is 0 Å². The van der Waals surface area contributed by atoms with Crippen molar-refractivity contribution in [1.29, 1.82) is 0 Å².